The largest absolute Gasteiger partial charge is 0.481 e. The first-order valence-electron chi connectivity index (χ1n) is 8.43. The summed E-state index contributed by atoms with van der Waals surface area (Å²) in [5, 5.41) is 13.7. The van der Waals surface area contributed by atoms with Crippen molar-refractivity contribution in [2.45, 2.75) is 25.8 Å². The number of fused-ring (bicyclic) bond motifs is 4. The highest BCUT2D eigenvalue weighted by Gasteiger charge is 2.28. The zero-order chi connectivity index (χ0) is 17.7. The highest BCUT2D eigenvalue weighted by atomic mass is 32.1. The lowest BCUT2D eigenvalue weighted by molar-refractivity contribution is -0.142. The highest BCUT2D eigenvalue weighted by Crippen LogP contribution is 2.40. The number of carboxylic acid groups (broad SMARTS) is 1. The molecule has 3 aromatic heterocycles. The molecule has 26 heavy (non-hydrogen) atoms. The number of aliphatic imine (C=N–C) groups is 1. The van der Waals surface area contributed by atoms with Crippen molar-refractivity contribution >= 4 is 45.2 Å². The van der Waals surface area contributed by atoms with Crippen LogP contribution < -0.4 is 5.32 Å². The number of aliphatic carboxylic acids is 1. The SMILES string of the molecule is O=C(O)[C@H]1CCc2c(sc3ncnc(Nc4cnc5c(c4)C=NC5)c23)C1. The van der Waals surface area contributed by atoms with Crippen molar-refractivity contribution in [3.8, 4) is 0 Å². The predicted molar refractivity (Wildman–Crippen MR) is 99.4 cm³/mol. The molecule has 1 atom stereocenters. The summed E-state index contributed by atoms with van der Waals surface area (Å²) in [6.07, 6.45) is 7.14. The van der Waals surface area contributed by atoms with Crippen LogP contribution in [-0.4, -0.2) is 32.2 Å². The smallest absolute Gasteiger partial charge is 0.306 e. The van der Waals surface area contributed by atoms with E-state index in [2.05, 4.69) is 25.3 Å². The van der Waals surface area contributed by atoms with E-state index in [1.54, 1.807) is 23.9 Å². The van der Waals surface area contributed by atoms with Crippen LogP contribution in [-0.2, 0) is 24.2 Å². The van der Waals surface area contributed by atoms with Gasteiger partial charge in [0, 0.05) is 16.7 Å². The summed E-state index contributed by atoms with van der Waals surface area (Å²) < 4.78 is 0. The Morgan fingerprint density at radius 2 is 2.23 bits per heavy atom. The number of nitrogens with zero attached hydrogens (tertiary/aromatic N) is 4. The summed E-state index contributed by atoms with van der Waals surface area (Å²) in [4.78, 5) is 30.9. The van der Waals surface area contributed by atoms with Crippen LogP contribution >= 0.6 is 11.3 Å². The number of rotatable bonds is 3. The topological polar surface area (TPSA) is 100 Å². The second-order valence-electron chi connectivity index (χ2n) is 6.54. The Kier molecular flexibility index (Phi) is 3.46. The van der Waals surface area contributed by atoms with Gasteiger partial charge >= 0.3 is 5.97 Å². The first kappa shape index (κ1) is 15.4. The van der Waals surface area contributed by atoms with E-state index < -0.39 is 5.97 Å². The van der Waals surface area contributed by atoms with E-state index >= 15 is 0 Å². The van der Waals surface area contributed by atoms with Crippen LogP contribution in [0.15, 0.2) is 23.6 Å². The molecular weight excluding hydrogens is 350 g/mol. The molecule has 0 saturated carbocycles. The van der Waals surface area contributed by atoms with Gasteiger partial charge in [0.2, 0.25) is 0 Å². The first-order chi connectivity index (χ1) is 12.7. The molecule has 0 fully saturated rings. The molecule has 1 aliphatic heterocycles. The van der Waals surface area contributed by atoms with Crippen LogP contribution in [0.4, 0.5) is 11.5 Å². The summed E-state index contributed by atoms with van der Waals surface area (Å²) in [6, 6.07) is 2.02. The summed E-state index contributed by atoms with van der Waals surface area (Å²) in [6.45, 7) is 0.635. The van der Waals surface area contributed by atoms with Crippen molar-refractivity contribution in [3.05, 3.63) is 40.3 Å². The fraction of sp³-hybridized carbons (Fsp3) is 0.278. The van der Waals surface area contributed by atoms with E-state index in [0.29, 0.717) is 19.4 Å². The molecule has 8 heteroatoms. The maximum atomic E-state index is 11.3. The second kappa shape index (κ2) is 5.84. The van der Waals surface area contributed by atoms with Gasteiger partial charge in [-0.1, -0.05) is 0 Å². The summed E-state index contributed by atoms with van der Waals surface area (Å²) in [5.41, 5.74) is 4.05. The molecule has 2 aliphatic rings. The number of hydrogen-bond acceptors (Lipinski definition) is 7. The van der Waals surface area contributed by atoms with Crippen LogP contribution in [0, 0.1) is 5.92 Å². The van der Waals surface area contributed by atoms with E-state index in [4.69, 9.17) is 0 Å². The van der Waals surface area contributed by atoms with Gasteiger partial charge in [-0.25, -0.2) is 9.97 Å². The Hall–Kier alpha value is -2.87. The van der Waals surface area contributed by atoms with Gasteiger partial charge in [0.1, 0.15) is 17.0 Å². The average Bonchev–Trinajstić information content (AvgIpc) is 3.25. The number of carboxylic acids is 1. The maximum Gasteiger partial charge on any atom is 0.306 e. The van der Waals surface area contributed by atoms with Crippen molar-refractivity contribution in [2.75, 3.05) is 5.32 Å². The Morgan fingerprint density at radius 1 is 1.31 bits per heavy atom. The number of aryl methyl sites for hydroxylation is 1. The quantitative estimate of drug-likeness (QED) is 0.740. The van der Waals surface area contributed by atoms with Gasteiger partial charge in [0.25, 0.3) is 0 Å². The van der Waals surface area contributed by atoms with Crippen molar-refractivity contribution in [1.82, 2.24) is 15.0 Å². The standard InChI is InChI=1S/C18H15N5O2S/c24-18(25)9-1-2-12-14(4-9)26-17-15(12)16(21-8-22-17)23-11-3-10-5-19-7-13(10)20-6-11/h3,5-6,8-9H,1-2,4,7H2,(H,24,25)(H,21,22,23)/t9-/m0/s1. The second-order valence-corrected chi connectivity index (χ2v) is 7.62. The van der Waals surface area contributed by atoms with Crippen LogP contribution in [0.25, 0.3) is 10.2 Å². The molecule has 1 aliphatic carbocycles. The van der Waals surface area contributed by atoms with Gasteiger partial charge in [-0.15, -0.1) is 11.3 Å². The molecule has 0 radical (unpaired) electrons. The Bertz CT molecular complexity index is 1070. The van der Waals surface area contributed by atoms with E-state index in [1.165, 1.54) is 5.56 Å². The third-order valence-corrected chi connectivity index (χ3v) is 6.09. The zero-order valence-electron chi connectivity index (χ0n) is 13.8. The molecule has 0 bridgehead atoms. The van der Waals surface area contributed by atoms with Gasteiger partial charge < -0.3 is 10.4 Å². The summed E-state index contributed by atoms with van der Waals surface area (Å²) in [5.74, 6) is -0.276. The minimum Gasteiger partial charge on any atom is -0.481 e. The number of carbonyl (C=O) groups is 1. The molecule has 0 spiro atoms. The normalized spacial score (nSPS) is 17.9. The van der Waals surface area contributed by atoms with Gasteiger partial charge in [-0.2, -0.15) is 0 Å². The van der Waals surface area contributed by atoms with Crippen molar-refractivity contribution in [1.29, 1.82) is 0 Å². The molecule has 130 valence electrons. The molecule has 2 N–H and O–H groups in total. The van der Waals surface area contributed by atoms with Crippen molar-refractivity contribution in [3.63, 3.8) is 0 Å². The first-order valence-corrected chi connectivity index (χ1v) is 9.24. The van der Waals surface area contributed by atoms with Gasteiger partial charge in [-0.05, 0) is 30.9 Å². The maximum absolute atomic E-state index is 11.3. The number of aromatic nitrogens is 3. The third kappa shape index (κ3) is 2.45. The van der Waals surface area contributed by atoms with Gasteiger partial charge in [0.05, 0.1) is 35.4 Å². The molecule has 0 aromatic carbocycles. The fourth-order valence-electron chi connectivity index (χ4n) is 3.61. The minimum atomic E-state index is -0.719. The number of nitrogens with one attached hydrogen (secondary N) is 1. The molecule has 5 rings (SSSR count). The molecule has 4 heterocycles. The molecule has 0 saturated heterocycles. The molecule has 7 nitrogen and oxygen atoms in total. The average molecular weight is 365 g/mol. The summed E-state index contributed by atoms with van der Waals surface area (Å²) >= 11 is 1.57. The zero-order valence-corrected chi connectivity index (χ0v) is 14.6. The van der Waals surface area contributed by atoms with Crippen LogP contribution in [0.2, 0.25) is 0 Å². The predicted octanol–water partition coefficient (Wildman–Crippen LogP) is 2.95. The third-order valence-electron chi connectivity index (χ3n) is 4.93. The minimum absolute atomic E-state index is 0.305. The van der Waals surface area contributed by atoms with E-state index in [1.807, 2.05) is 12.3 Å². The number of pyridine rings is 1. The monoisotopic (exact) mass is 365 g/mol. The molecule has 3 aromatic rings. The lowest BCUT2D eigenvalue weighted by Crippen LogP contribution is -2.21. The van der Waals surface area contributed by atoms with E-state index in [9.17, 15) is 9.90 Å². The Balaban J connectivity index is 1.55. The van der Waals surface area contributed by atoms with Crippen LogP contribution in [0.3, 0.4) is 0 Å². The van der Waals surface area contributed by atoms with Crippen LogP contribution in [0.5, 0.6) is 0 Å². The number of anilines is 2. The van der Waals surface area contributed by atoms with Gasteiger partial charge in [-0.3, -0.25) is 14.8 Å². The van der Waals surface area contributed by atoms with E-state index in [-0.39, 0.29) is 5.92 Å². The number of thiophene rings is 1. The summed E-state index contributed by atoms with van der Waals surface area (Å²) in [7, 11) is 0. The lowest BCUT2D eigenvalue weighted by atomic mass is 9.88. The highest BCUT2D eigenvalue weighted by molar-refractivity contribution is 7.19. The number of hydrogen-bond donors (Lipinski definition) is 2. The fourth-order valence-corrected chi connectivity index (χ4v) is 4.87. The van der Waals surface area contributed by atoms with Gasteiger partial charge in [0.15, 0.2) is 0 Å². The molecule has 0 unspecified atom stereocenters. The van der Waals surface area contributed by atoms with E-state index in [0.717, 1.165) is 44.3 Å². The Labute approximate surface area is 152 Å². The van der Waals surface area contributed by atoms with Crippen LogP contribution in [0.1, 0.15) is 28.1 Å². The molecular formula is C18H15N5O2S. The Morgan fingerprint density at radius 3 is 3.12 bits per heavy atom. The van der Waals surface area contributed by atoms with Crippen molar-refractivity contribution < 1.29 is 9.90 Å². The van der Waals surface area contributed by atoms with Crippen molar-refractivity contribution in [2.24, 2.45) is 10.9 Å². The molecule has 0 amide bonds. The lowest BCUT2D eigenvalue weighted by Gasteiger charge is -2.18.